The monoisotopic (exact) mass is 168 g/mol. The molecule has 2 saturated heterocycles. The van der Waals surface area contributed by atoms with Gasteiger partial charge in [-0.05, 0) is 6.42 Å². The van der Waals surface area contributed by atoms with Crippen molar-refractivity contribution >= 4 is 5.91 Å². The van der Waals surface area contributed by atoms with Crippen molar-refractivity contribution in [2.75, 3.05) is 13.2 Å². The summed E-state index contributed by atoms with van der Waals surface area (Å²) in [5.41, 5.74) is 1.11. The number of rotatable bonds is 0. The Kier molecular flexibility index (Phi) is 1.86. The Hall–Kier alpha value is -0.870. The van der Waals surface area contributed by atoms with Crippen LogP contribution in [0.1, 0.15) is 6.42 Å². The fraction of sp³-hybridized carbons (Fsp3) is 0.625. The van der Waals surface area contributed by atoms with Crippen molar-refractivity contribution in [3.8, 4) is 0 Å². The van der Waals surface area contributed by atoms with E-state index in [2.05, 4.69) is 17.2 Å². The van der Waals surface area contributed by atoms with Gasteiger partial charge in [-0.3, -0.25) is 10.1 Å². The van der Waals surface area contributed by atoms with Crippen LogP contribution in [0.2, 0.25) is 0 Å². The zero-order valence-electron chi connectivity index (χ0n) is 6.80. The highest BCUT2D eigenvalue weighted by atomic mass is 16.5. The maximum atomic E-state index is 10.9. The van der Waals surface area contributed by atoms with Crippen molar-refractivity contribution in [3.05, 3.63) is 12.2 Å². The third-order valence-corrected chi connectivity index (χ3v) is 2.17. The van der Waals surface area contributed by atoms with Gasteiger partial charge in [0.2, 0.25) is 5.91 Å². The number of nitrogens with one attached hydrogen (secondary N) is 2. The summed E-state index contributed by atoms with van der Waals surface area (Å²) < 4.78 is 5.28. The Morgan fingerprint density at radius 3 is 3.25 bits per heavy atom. The summed E-state index contributed by atoms with van der Waals surface area (Å²) in [7, 11) is 0. The third-order valence-electron chi connectivity index (χ3n) is 2.17. The molecule has 2 aliphatic rings. The first-order valence-electron chi connectivity index (χ1n) is 4.07. The molecule has 2 N–H and O–H groups in total. The minimum atomic E-state index is -0.0345. The first-order valence-corrected chi connectivity index (χ1v) is 4.07. The Morgan fingerprint density at radius 2 is 2.42 bits per heavy atom. The van der Waals surface area contributed by atoms with Crippen molar-refractivity contribution in [1.29, 1.82) is 0 Å². The fourth-order valence-electron chi connectivity index (χ4n) is 1.59. The number of ether oxygens (including phenoxy) is 1. The molecule has 0 radical (unpaired) electrons. The van der Waals surface area contributed by atoms with Gasteiger partial charge >= 0.3 is 0 Å². The summed E-state index contributed by atoms with van der Waals surface area (Å²) in [6.45, 7) is 4.82. The van der Waals surface area contributed by atoms with Gasteiger partial charge < -0.3 is 10.1 Å². The molecule has 1 amide bonds. The standard InChI is InChI=1S/C8H12N2O2/c1-5-2-6-8(9-3-5)12-4-7(11)10-6/h6,8-9H,1-4H2,(H,10,11). The molecule has 0 aromatic carbocycles. The lowest BCUT2D eigenvalue weighted by Gasteiger charge is -2.37. The number of hydrogen-bond donors (Lipinski definition) is 2. The van der Waals surface area contributed by atoms with E-state index >= 15 is 0 Å². The summed E-state index contributed by atoms with van der Waals surface area (Å²) in [6.07, 6.45) is 0.803. The van der Waals surface area contributed by atoms with Gasteiger partial charge in [0, 0.05) is 6.54 Å². The molecule has 4 heteroatoms. The number of carbonyl (C=O) groups excluding carboxylic acids is 1. The lowest BCUT2D eigenvalue weighted by Crippen LogP contribution is -2.60. The van der Waals surface area contributed by atoms with Crippen LogP contribution in [0.5, 0.6) is 0 Å². The molecular weight excluding hydrogens is 156 g/mol. The van der Waals surface area contributed by atoms with E-state index in [1.54, 1.807) is 0 Å². The van der Waals surface area contributed by atoms with E-state index in [1.165, 1.54) is 0 Å². The molecule has 12 heavy (non-hydrogen) atoms. The second-order valence-electron chi connectivity index (χ2n) is 3.24. The van der Waals surface area contributed by atoms with Crippen molar-refractivity contribution in [2.24, 2.45) is 0 Å². The average molecular weight is 168 g/mol. The van der Waals surface area contributed by atoms with Gasteiger partial charge in [0.15, 0.2) is 0 Å². The van der Waals surface area contributed by atoms with Crippen LogP contribution in [-0.2, 0) is 9.53 Å². The highest BCUT2D eigenvalue weighted by Gasteiger charge is 2.32. The number of piperidine rings is 1. The molecule has 2 aliphatic heterocycles. The summed E-state index contributed by atoms with van der Waals surface area (Å²) in [5, 5.41) is 6.02. The smallest absolute Gasteiger partial charge is 0.246 e. The lowest BCUT2D eigenvalue weighted by atomic mass is 10.0. The van der Waals surface area contributed by atoms with Gasteiger partial charge in [-0.15, -0.1) is 0 Å². The highest BCUT2D eigenvalue weighted by Crippen LogP contribution is 2.15. The molecule has 2 unspecified atom stereocenters. The van der Waals surface area contributed by atoms with Crippen molar-refractivity contribution in [3.63, 3.8) is 0 Å². The van der Waals surface area contributed by atoms with Crippen LogP contribution >= 0.6 is 0 Å². The molecular formula is C8H12N2O2. The molecule has 2 heterocycles. The van der Waals surface area contributed by atoms with Crippen LogP contribution in [0.15, 0.2) is 12.2 Å². The number of amides is 1. The van der Waals surface area contributed by atoms with Crippen LogP contribution in [0.3, 0.4) is 0 Å². The van der Waals surface area contributed by atoms with Gasteiger partial charge in [0.1, 0.15) is 12.8 Å². The van der Waals surface area contributed by atoms with E-state index < -0.39 is 0 Å². The Balaban J connectivity index is 2.03. The summed E-state index contributed by atoms with van der Waals surface area (Å²) >= 11 is 0. The number of carbonyl (C=O) groups is 1. The summed E-state index contributed by atoms with van der Waals surface area (Å²) in [4.78, 5) is 10.9. The zero-order valence-corrected chi connectivity index (χ0v) is 6.80. The van der Waals surface area contributed by atoms with Gasteiger partial charge in [-0.25, -0.2) is 0 Å². The van der Waals surface area contributed by atoms with E-state index in [9.17, 15) is 4.79 Å². The Bertz CT molecular complexity index is 205. The van der Waals surface area contributed by atoms with Crippen molar-refractivity contribution in [1.82, 2.24) is 10.6 Å². The third kappa shape index (κ3) is 1.35. The number of hydrogen-bond acceptors (Lipinski definition) is 3. The highest BCUT2D eigenvalue weighted by molar-refractivity contribution is 5.78. The van der Waals surface area contributed by atoms with Crippen molar-refractivity contribution in [2.45, 2.75) is 18.7 Å². The minimum Gasteiger partial charge on any atom is -0.351 e. The predicted molar refractivity (Wildman–Crippen MR) is 43.4 cm³/mol. The van der Waals surface area contributed by atoms with Crippen LogP contribution in [0.25, 0.3) is 0 Å². The predicted octanol–water partition coefficient (Wildman–Crippen LogP) is -0.623. The maximum Gasteiger partial charge on any atom is 0.246 e. The molecule has 0 aliphatic carbocycles. The van der Waals surface area contributed by atoms with Gasteiger partial charge in [0.05, 0.1) is 6.04 Å². The fourth-order valence-corrected chi connectivity index (χ4v) is 1.59. The van der Waals surface area contributed by atoms with Crippen LogP contribution in [0, 0.1) is 0 Å². The topological polar surface area (TPSA) is 50.4 Å². The second kappa shape index (κ2) is 2.88. The SMILES string of the molecule is C=C1CNC2OCC(=O)NC2C1. The molecule has 66 valence electrons. The summed E-state index contributed by atoms with van der Waals surface area (Å²) in [5.74, 6) is -0.0345. The van der Waals surface area contributed by atoms with E-state index in [0.717, 1.165) is 18.5 Å². The first kappa shape index (κ1) is 7.76. The van der Waals surface area contributed by atoms with E-state index in [4.69, 9.17) is 4.74 Å². The second-order valence-corrected chi connectivity index (χ2v) is 3.24. The van der Waals surface area contributed by atoms with Gasteiger partial charge in [-0.2, -0.15) is 0 Å². The zero-order chi connectivity index (χ0) is 8.55. The van der Waals surface area contributed by atoms with Crippen LogP contribution < -0.4 is 10.6 Å². The lowest BCUT2D eigenvalue weighted by molar-refractivity contribution is -0.139. The van der Waals surface area contributed by atoms with Gasteiger partial charge in [0.25, 0.3) is 0 Å². The Morgan fingerprint density at radius 1 is 1.58 bits per heavy atom. The maximum absolute atomic E-state index is 10.9. The normalized spacial score (nSPS) is 35.7. The van der Waals surface area contributed by atoms with Crippen LogP contribution in [0.4, 0.5) is 0 Å². The molecule has 2 rings (SSSR count). The Labute approximate surface area is 71.0 Å². The number of morpholine rings is 1. The molecule has 0 saturated carbocycles. The van der Waals surface area contributed by atoms with E-state index in [-0.39, 0.29) is 24.8 Å². The molecule has 4 nitrogen and oxygen atoms in total. The number of fused-ring (bicyclic) bond motifs is 1. The molecule has 0 bridgehead atoms. The molecule has 0 aromatic rings. The molecule has 2 atom stereocenters. The van der Waals surface area contributed by atoms with Gasteiger partial charge in [-0.1, -0.05) is 12.2 Å². The quantitative estimate of drug-likeness (QED) is 0.474. The molecule has 0 spiro atoms. The first-order chi connectivity index (χ1) is 5.75. The van der Waals surface area contributed by atoms with Crippen LogP contribution in [-0.4, -0.2) is 31.3 Å². The minimum absolute atomic E-state index is 0.0202. The van der Waals surface area contributed by atoms with E-state index in [0.29, 0.717) is 0 Å². The molecule has 2 fully saturated rings. The van der Waals surface area contributed by atoms with E-state index in [1.807, 2.05) is 0 Å². The largest absolute Gasteiger partial charge is 0.351 e. The molecule has 0 aromatic heterocycles. The average Bonchev–Trinajstić information content (AvgIpc) is 2.03. The summed E-state index contributed by atoms with van der Waals surface area (Å²) in [6, 6.07) is 0.0764. The van der Waals surface area contributed by atoms with Crippen molar-refractivity contribution < 1.29 is 9.53 Å².